The van der Waals surface area contributed by atoms with E-state index in [1.54, 1.807) is 0 Å². The molecule has 0 saturated carbocycles. The zero-order valence-corrected chi connectivity index (χ0v) is 26.6. The molecule has 216 valence electrons. The molecule has 6 aromatic carbocycles. The molecule has 3 aliphatic rings. The summed E-state index contributed by atoms with van der Waals surface area (Å²) in [4.78, 5) is 2.88. The Morgan fingerprint density at radius 2 is 1.40 bits per heavy atom. The van der Waals surface area contributed by atoms with Gasteiger partial charge in [-0.05, 0) is 58.3 Å². The molecule has 47 heavy (non-hydrogen) atoms. The summed E-state index contributed by atoms with van der Waals surface area (Å²) in [6.07, 6.45) is 1.03. The maximum Gasteiger partial charge on any atom is 0.330 e. The summed E-state index contributed by atoms with van der Waals surface area (Å²) in [6.45, 7) is 0.0678. The standard InChI is InChI=1S/C42H22BNOS2/c1-4-16-31-21(9-1)29-19-28-27-20-34-36(22-10-2-5-17-32(22)46-34)24-12-8-15-30(35(24)27)43-39(28)38(41(29)45-31)26-14-7-13-25-37-23-11-3-6-18-33(23)47-42(37)44(43)40(25)26/h1-19,27H,20H2. The van der Waals surface area contributed by atoms with Crippen molar-refractivity contribution in [1.29, 1.82) is 0 Å². The number of hydrogen-bond acceptors (Lipinski definition) is 3. The smallest absolute Gasteiger partial charge is 0.330 e. The summed E-state index contributed by atoms with van der Waals surface area (Å²) in [5.74, 6) is 0.291. The average molecular weight is 632 g/mol. The second-order valence-corrected chi connectivity index (χ2v) is 15.6. The van der Waals surface area contributed by atoms with Gasteiger partial charge in [-0.25, -0.2) is 0 Å². The monoisotopic (exact) mass is 631 g/mol. The number of thiophene rings is 2. The fraction of sp³-hybridized carbons (Fsp3) is 0.0476. The summed E-state index contributed by atoms with van der Waals surface area (Å²) in [5, 5.41) is 7.91. The fourth-order valence-electron chi connectivity index (χ4n) is 9.70. The van der Waals surface area contributed by atoms with E-state index in [1.807, 2.05) is 22.7 Å². The van der Waals surface area contributed by atoms with Gasteiger partial charge in [0, 0.05) is 74.7 Å². The van der Waals surface area contributed by atoms with Gasteiger partial charge in [-0.2, -0.15) is 0 Å². The number of furan rings is 1. The Bertz CT molecular complexity index is 3080. The third-order valence-electron chi connectivity index (χ3n) is 11.4. The molecule has 2 nitrogen and oxygen atoms in total. The molecule has 0 saturated heterocycles. The van der Waals surface area contributed by atoms with Crippen molar-refractivity contribution >= 4 is 104 Å². The van der Waals surface area contributed by atoms with Crippen molar-refractivity contribution in [2.75, 3.05) is 0 Å². The predicted octanol–water partition coefficient (Wildman–Crippen LogP) is 10.4. The lowest BCUT2D eigenvalue weighted by Crippen LogP contribution is -2.57. The maximum absolute atomic E-state index is 6.88. The molecule has 0 fully saturated rings. The fourth-order valence-corrected chi connectivity index (χ4v) is 12.2. The normalized spacial score (nSPS) is 15.7. The van der Waals surface area contributed by atoms with E-state index < -0.39 is 0 Å². The van der Waals surface area contributed by atoms with Crippen LogP contribution in [0.5, 0.6) is 0 Å². The first-order valence-corrected chi connectivity index (χ1v) is 18.0. The van der Waals surface area contributed by atoms with Crippen molar-refractivity contribution in [1.82, 2.24) is 4.48 Å². The van der Waals surface area contributed by atoms with Crippen LogP contribution < -0.4 is 10.9 Å². The number of benzene rings is 6. The van der Waals surface area contributed by atoms with Crippen LogP contribution in [-0.2, 0) is 6.42 Å². The molecule has 0 radical (unpaired) electrons. The highest BCUT2D eigenvalue weighted by Crippen LogP contribution is 2.54. The lowest BCUT2D eigenvalue weighted by molar-refractivity contribution is 0.670. The van der Waals surface area contributed by atoms with Gasteiger partial charge in [-0.15, -0.1) is 22.7 Å². The van der Waals surface area contributed by atoms with E-state index in [0.29, 0.717) is 5.92 Å². The van der Waals surface area contributed by atoms with Gasteiger partial charge in [0.05, 0.1) is 4.83 Å². The molecular weight excluding hydrogens is 609 g/mol. The average Bonchev–Trinajstić information content (AvgIpc) is 3.86. The Kier molecular flexibility index (Phi) is 4.14. The third kappa shape index (κ3) is 2.68. The summed E-state index contributed by atoms with van der Waals surface area (Å²) in [5.41, 5.74) is 14.7. The lowest BCUT2D eigenvalue weighted by Gasteiger charge is -2.40. The van der Waals surface area contributed by atoms with E-state index in [0.717, 1.165) is 17.6 Å². The molecular formula is C42H22BNOS2. The van der Waals surface area contributed by atoms with Crippen LogP contribution in [0.25, 0.3) is 85.5 Å². The second kappa shape index (κ2) is 8.06. The van der Waals surface area contributed by atoms with Gasteiger partial charge < -0.3 is 8.90 Å². The molecule has 6 heterocycles. The molecule has 1 atom stereocenters. The topological polar surface area (TPSA) is 18.1 Å². The SMILES string of the molecule is c1cc2c3c(c1)-c1c(sc4ccccc14)CC3c1cc3c(oc4ccccc43)c3c1B2n1c2sc4ccccc4c2c2cccc-3c21. The van der Waals surface area contributed by atoms with Gasteiger partial charge in [-0.3, -0.25) is 0 Å². The predicted molar refractivity (Wildman–Crippen MR) is 201 cm³/mol. The number of rotatable bonds is 0. The Balaban J connectivity index is 1.27. The van der Waals surface area contributed by atoms with Crippen molar-refractivity contribution < 1.29 is 4.42 Å². The number of nitrogens with zero attached hydrogens (tertiary/aromatic N) is 1. The zero-order chi connectivity index (χ0) is 30.1. The van der Waals surface area contributed by atoms with Crippen molar-refractivity contribution in [3.05, 3.63) is 131 Å². The van der Waals surface area contributed by atoms with Crippen LogP contribution in [0.2, 0.25) is 0 Å². The minimum atomic E-state index is 0.0678. The van der Waals surface area contributed by atoms with Crippen molar-refractivity contribution in [3.8, 4) is 22.3 Å². The summed E-state index contributed by atoms with van der Waals surface area (Å²) in [6, 6.07) is 43.2. The van der Waals surface area contributed by atoms with Crippen LogP contribution in [0.4, 0.5) is 0 Å². The van der Waals surface area contributed by atoms with Gasteiger partial charge in [0.25, 0.3) is 0 Å². The summed E-state index contributed by atoms with van der Waals surface area (Å²) >= 11 is 3.93. The Morgan fingerprint density at radius 3 is 2.32 bits per heavy atom. The Morgan fingerprint density at radius 1 is 0.660 bits per heavy atom. The number of aromatic nitrogens is 1. The highest BCUT2D eigenvalue weighted by Gasteiger charge is 2.47. The molecule has 0 bridgehead atoms. The molecule has 4 aromatic heterocycles. The molecule has 5 heteroatoms. The van der Waals surface area contributed by atoms with Crippen LogP contribution in [0, 0.1) is 0 Å². The lowest BCUT2D eigenvalue weighted by atomic mass is 9.40. The minimum Gasteiger partial charge on any atom is -0.455 e. The third-order valence-corrected chi connectivity index (χ3v) is 13.7. The molecule has 0 spiro atoms. The highest BCUT2D eigenvalue weighted by molar-refractivity contribution is 7.26. The Labute approximate surface area is 277 Å². The molecule has 0 N–H and O–H groups in total. The van der Waals surface area contributed by atoms with Gasteiger partial charge in [0.2, 0.25) is 0 Å². The molecule has 10 aromatic rings. The van der Waals surface area contributed by atoms with E-state index in [2.05, 4.69) is 120 Å². The van der Waals surface area contributed by atoms with E-state index in [9.17, 15) is 0 Å². The maximum atomic E-state index is 6.88. The molecule has 0 amide bonds. The summed E-state index contributed by atoms with van der Waals surface area (Å²) in [7, 11) is 0. The Hall–Kier alpha value is -5.10. The summed E-state index contributed by atoms with van der Waals surface area (Å²) < 4.78 is 12.3. The van der Waals surface area contributed by atoms with Crippen LogP contribution in [-0.4, -0.2) is 11.3 Å². The molecule has 1 unspecified atom stereocenters. The van der Waals surface area contributed by atoms with Gasteiger partial charge in [0.1, 0.15) is 11.2 Å². The molecule has 2 aliphatic heterocycles. The minimum absolute atomic E-state index is 0.0678. The van der Waals surface area contributed by atoms with Gasteiger partial charge in [-0.1, -0.05) is 91.0 Å². The number of fused-ring (bicyclic) bond motifs is 17. The molecule has 1 aliphatic carbocycles. The number of hydrogen-bond donors (Lipinski definition) is 0. The van der Waals surface area contributed by atoms with E-state index in [1.165, 1.54) is 101 Å². The van der Waals surface area contributed by atoms with Gasteiger partial charge in [0.15, 0.2) is 0 Å². The van der Waals surface area contributed by atoms with Crippen LogP contribution in [0.3, 0.4) is 0 Å². The molecule has 13 rings (SSSR count). The van der Waals surface area contributed by atoms with Crippen molar-refractivity contribution in [2.24, 2.45) is 0 Å². The largest absolute Gasteiger partial charge is 0.455 e. The quantitative estimate of drug-likeness (QED) is 0.152. The van der Waals surface area contributed by atoms with Crippen molar-refractivity contribution in [3.63, 3.8) is 0 Å². The zero-order valence-electron chi connectivity index (χ0n) is 25.0. The van der Waals surface area contributed by atoms with Crippen LogP contribution in [0.1, 0.15) is 21.9 Å². The number of para-hydroxylation sites is 2. The first-order chi connectivity index (χ1) is 23.3. The second-order valence-electron chi connectivity index (χ2n) is 13.4. The van der Waals surface area contributed by atoms with Crippen LogP contribution >= 0.6 is 22.7 Å². The highest BCUT2D eigenvalue weighted by atomic mass is 32.1. The van der Waals surface area contributed by atoms with E-state index in [4.69, 9.17) is 4.42 Å². The van der Waals surface area contributed by atoms with Gasteiger partial charge >= 0.3 is 6.85 Å². The van der Waals surface area contributed by atoms with E-state index >= 15 is 0 Å². The first-order valence-electron chi connectivity index (χ1n) is 16.4. The first kappa shape index (κ1) is 24.1. The van der Waals surface area contributed by atoms with Crippen LogP contribution in [0.15, 0.2) is 120 Å². The van der Waals surface area contributed by atoms with E-state index in [-0.39, 0.29) is 6.85 Å². The van der Waals surface area contributed by atoms with Crippen molar-refractivity contribution in [2.45, 2.75) is 12.3 Å².